The van der Waals surface area contributed by atoms with Crippen molar-refractivity contribution in [2.24, 2.45) is 0 Å². The SMILES string of the molecule is OC[C@H]1O[C@@H](n2c(=S)nc3oc(-c4ccc(Cl)cc4)nn3c2=S)[C@H](O)[C@@H](O)[C@@H]1O. The predicted molar refractivity (Wildman–Crippen MR) is 104 cm³/mol. The van der Waals surface area contributed by atoms with Gasteiger partial charge in [0.05, 0.1) is 6.61 Å². The third kappa shape index (κ3) is 3.51. The molecule has 1 aromatic carbocycles. The van der Waals surface area contributed by atoms with Crippen molar-refractivity contribution in [1.29, 1.82) is 0 Å². The second kappa shape index (κ2) is 7.81. The van der Waals surface area contributed by atoms with Crippen LogP contribution in [0.3, 0.4) is 0 Å². The van der Waals surface area contributed by atoms with Crippen molar-refractivity contribution < 1.29 is 29.6 Å². The molecule has 0 aliphatic carbocycles. The summed E-state index contributed by atoms with van der Waals surface area (Å²) in [6.45, 7) is -0.588. The van der Waals surface area contributed by atoms with Crippen LogP contribution in [0.4, 0.5) is 0 Å². The summed E-state index contributed by atoms with van der Waals surface area (Å²) in [7, 11) is 0. The van der Waals surface area contributed by atoms with Gasteiger partial charge in [-0.2, -0.15) is 9.50 Å². The van der Waals surface area contributed by atoms with Crippen molar-refractivity contribution in [3.05, 3.63) is 38.8 Å². The van der Waals surface area contributed by atoms with Gasteiger partial charge in [0.1, 0.15) is 24.4 Å². The fourth-order valence-electron chi connectivity index (χ4n) is 3.02. The first kappa shape index (κ1) is 20.5. The number of nitrogens with zero attached hydrogens (tertiary/aromatic N) is 4. The van der Waals surface area contributed by atoms with E-state index in [0.29, 0.717) is 10.6 Å². The van der Waals surface area contributed by atoms with Gasteiger partial charge >= 0.3 is 5.84 Å². The van der Waals surface area contributed by atoms with Crippen molar-refractivity contribution in [2.45, 2.75) is 30.6 Å². The van der Waals surface area contributed by atoms with Gasteiger partial charge in [-0.15, -0.1) is 5.10 Å². The second-order valence-electron chi connectivity index (χ2n) is 6.37. The van der Waals surface area contributed by atoms with Crippen LogP contribution in [0.15, 0.2) is 28.7 Å². The lowest BCUT2D eigenvalue weighted by Gasteiger charge is -2.40. The summed E-state index contributed by atoms with van der Waals surface area (Å²) < 4.78 is 13.4. The molecule has 3 aromatic rings. The zero-order chi connectivity index (χ0) is 20.9. The largest absolute Gasteiger partial charge is 0.403 e. The van der Waals surface area contributed by atoms with Crippen molar-refractivity contribution in [1.82, 2.24) is 19.2 Å². The van der Waals surface area contributed by atoms with Gasteiger partial charge in [-0.3, -0.25) is 4.57 Å². The molecule has 4 rings (SSSR count). The molecular formula is C16H15ClN4O6S2. The number of aromatic nitrogens is 4. The molecule has 0 saturated carbocycles. The Kier molecular flexibility index (Phi) is 5.52. The van der Waals surface area contributed by atoms with E-state index >= 15 is 0 Å². The summed E-state index contributed by atoms with van der Waals surface area (Å²) in [5.41, 5.74) is 0.625. The maximum absolute atomic E-state index is 10.4. The molecule has 154 valence electrons. The number of hydrogen-bond acceptors (Lipinski definition) is 10. The molecule has 5 atom stereocenters. The topological polar surface area (TPSA) is 138 Å². The van der Waals surface area contributed by atoms with Crippen molar-refractivity contribution in [2.75, 3.05) is 6.61 Å². The number of aliphatic hydroxyl groups is 4. The van der Waals surface area contributed by atoms with E-state index in [9.17, 15) is 20.4 Å². The molecule has 0 amide bonds. The van der Waals surface area contributed by atoms with E-state index in [4.69, 9.17) is 45.2 Å². The standard InChI is InChI=1S/C16H15ClN4O6S2/c17-7-3-1-6(2-4-7)12-19-21-14(27-12)18-15(28)20(16(21)29)13-11(25)10(24)9(23)8(5-22)26-13/h1-4,8-11,13,22-25H,5H2/t8-,9-,10+,11-,13-/m1/s1. The molecule has 3 heterocycles. The monoisotopic (exact) mass is 458 g/mol. The van der Waals surface area contributed by atoms with Crippen molar-refractivity contribution in [3.8, 4) is 11.5 Å². The minimum Gasteiger partial charge on any atom is -0.403 e. The second-order valence-corrected chi connectivity index (χ2v) is 7.54. The maximum Gasteiger partial charge on any atom is 0.330 e. The number of hydrogen-bond donors (Lipinski definition) is 4. The summed E-state index contributed by atoms with van der Waals surface area (Å²) in [4.78, 5) is 4.13. The van der Waals surface area contributed by atoms with E-state index in [1.165, 1.54) is 4.52 Å². The average molecular weight is 459 g/mol. The Morgan fingerprint density at radius 1 is 1.07 bits per heavy atom. The van der Waals surface area contributed by atoms with Gasteiger partial charge in [-0.25, -0.2) is 0 Å². The molecule has 2 aromatic heterocycles. The first-order valence-corrected chi connectivity index (χ1v) is 9.60. The van der Waals surface area contributed by atoms with Gasteiger partial charge in [0.15, 0.2) is 6.23 Å². The highest BCUT2D eigenvalue weighted by atomic mass is 35.5. The third-order valence-electron chi connectivity index (χ3n) is 4.56. The first-order valence-electron chi connectivity index (χ1n) is 8.40. The number of rotatable bonds is 3. The number of fused-ring (bicyclic) bond motifs is 1. The Bertz CT molecular complexity index is 1160. The minimum atomic E-state index is -1.59. The highest BCUT2D eigenvalue weighted by molar-refractivity contribution is 7.72. The van der Waals surface area contributed by atoms with Gasteiger partial charge < -0.3 is 29.6 Å². The first-order chi connectivity index (χ1) is 13.8. The Balaban J connectivity index is 1.82. The molecule has 0 unspecified atom stereocenters. The predicted octanol–water partition coefficient (Wildman–Crippen LogP) is 0.876. The van der Waals surface area contributed by atoms with Gasteiger partial charge in [-0.1, -0.05) is 11.6 Å². The molecule has 10 nitrogen and oxygen atoms in total. The summed E-state index contributed by atoms with van der Waals surface area (Å²) in [5, 5.41) is 44.6. The van der Waals surface area contributed by atoms with Crippen LogP contribution in [0.5, 0.6) is 0 Å². The van der Waals surface area contributed by atoms with E-state index in [2.05, 4.69) is 10.1 Å². The van der Waals surface area contributed by atoms with Crippen LogP contribution in [0.1, 0.15) is 6.23 Å². The molecule has 29 heavy (non-hydrogen) atoms. The van der Waals surface area contributed by atoms with Gasteiger partial charge in [0, 0.05) is 10.6 Å². The molecule has 1 aliphatic rings. The highest BCUT2D eigenvalue weighted by Crippen LogP contribution is 2.29. The fourth-order valence-corrected chi connectivity index (χ4v) is 3.78. The highest BCUT2D eigenvalue weighted by Gasteiger charge is 2.45. The van der Waals surface area contributed by atoms with Crippen molar-refractivity contribution in [3.63, 3.8) is 0 Å². The molecule has 1 fully saturated rings. The number of halogens is 1. The van der Waals surface area contributed by atoms with Gasteiger partial charge in [0.2, 0.25) is 15.4 Å². The van der Waals surface area contributed by atoms with Crippen LogP contribution in [0.2, 0.25) is 5.02 Å². The van der Waals surface area contributed by atoms with E-state index in [-0.39, 0.29) is 21.3 Å². The average Bonchev–Trinajstić information content (AvgIpc) is 3.12. The summed E-state index contributed by atoms with van der Waals surface area (Å²) in [6.07, 6.45) is -7.11. The van der Waals surface area contributed by atoms with Crippen LogP contribution >= 0.6 is 36.0 Å². The molecule has 0 bridgehead atoms. The molecule has 1 aliphatic heterocycles. The minimum absolute atomic E-state index is 0.0193. The summed E-state index contributed by atoms with van der Waals surface area (Å²) >= 11 is 16.6. The van der Waals surface area contributed by atoms with E-state index in [1.807, 2.05) is 0 Å². The molecule has 0 radical (unpaired) electrons. The number of benzene rings is 1. The molecular weight excluding hydrogens is 444 g/mol. The van der Waals surface area contributed by atoms with Crippen LogP contribution in [0.25, 0.3) is 17.3 Å². The van der Waals surface area contributed by atoms with Gasteiger partial charge in [0.25, 0.3) is 0 Å². The summed E-state index contributed by atoms with van der Waals surface area (Å²) in [5.74, 6) is 0.229. The molecule has 13 heteroatoms. The quantitative estimate of drug-likeness (QED) is 0.418. The number of aliphatic hydroxyl groups excluding tert-OH is 4. The molecule has 1 saturated heterocycles. The summed E-state index contributed by atoms with van der Waals surface area (Å²) in [6, 6.07) is 6.75. The lowest BCUT2D eigenvalue weighted by Crippen LogP contribution is -2.56. The Labute approximate surface area is 178 Å². The smallest absolute Gasteiger partial charge is 0.330 e. The van der Waals surface area contributed by atoms with Crippen LogP contribution in [0, 0.1) is 9.54 Å². The van der Waals surface area contributed by atoms with E-state index in [1.54, 1.807) is 24.3 Å². The Morgan fingerprint density at radius 3 is 2.41 bits per heavy atom. The lowest BCUT2D eigenvalue weighted by molar-refractivity contribution is -0.252. The van der Waals surface area contributed by atoms with Crippen LogP contribution < -0.4 is 0 Å². The zero-order valence-corrected chi connectivity index (χ0v) is 16.9. The van der Waals surface area contributed by atoms with E-state index < -0.39 is 37.3 Å². The third-order valence-corrected chi connectivity index (χ3v) is 5.47. The normalized spacial score (nSPS) is 27.4. The Morgan fingerprint density at radius 2 is 1.76 bits per heavy atom. The Hall–Kier alpha value is -1.77. The van der Waals surface area contributed by atoms with Crippen LogP contribution in [-0.4, -0.2) is 70.6 Å². The number of ether oxygens (including phenoxy) is 1. The molecule has 0 spiro atoms. The maximum atomic E-state index is 10.4. The van der Waals surface area contributed by atoms with Gasteiger partial charge in [-0.05, 0) is 48.7 Å². The molecule has 4 N–H and O–H groups in total. The zero-order valence-electron chi connectivity index (χ0n) is 14.5. The fraction of sp³-hybridized carbons (Fsp3) is 0.375. The van der Waals surface area contributed by atoms with Crippen LogP contribution in [-0.2, 0) is 4.74 Å². The van der Waals surface area contributed by atoms with E-state index in [0.717, 1.165) is 4.57 Å². The lowest BCUT2D eigenvalue weighted by atomic mass is 9.98. The van der Waals surface area contributed by atoms with Crippen molar-refractivity contribution >= 4 is 41.9 Å².